The van der Waals surface area contributed by atoms with E-state index in [0.717, 1.165) is 6.54 Å². The van der Waals surface area contributed by atoms with E-state index in [9.17, 15) is 0 Å². The van der Waals surface area contributed by atoms with Gasteiger partial charge in [0.15, 0.2) is 0 Å². The van der Waals surface area contributed by atoms with Crippen molar-refractivity contribution in [3.63, 3.8) is 0 Å². The highest BCUT2D eigenvalue weighted by atomic mass is 15.6. The molecule has 2 heterocycles. The zero-order valence-electron chi connectivity index (χ0n) is 7.30. The third-order valence-corrected chi connectivity index (χ3v) is 2.93. The largest absolute Gasteiger partial charge is 0.348 e. The number of aliphatic imine (C=N–C) groups is 1. The molecule has 0 saturated carbocycles. The average molecular weight is 179 g/mol. The molecule has 1 saturated heterocycles. The van der Waals surface area contributed by atoms with E-state index in [1.54, 1.807) is 6.34 Å². The van der Waals surface area contributed by atoms with Crippen LogP contribution in [0.15, 0.2) is 16.4 Å². The average Bonchev–Trinajstić information content (AvgIpc) is 2.65. The van der Waals surface area contributed by atoms with Gasteiger partial charge in [-0.2, -0.15) is 5.53 Å². The number of nitrogens with zero attached hydrogens (tertiary/aromatic N) is 1. The molecule has 2 aliphatic heterocycles. The maximum atomic E-state index is 4.24. The summed E-state index contributed by atoms with van der Waals surface area (Å²) in [6, 6.07) is 0.449. The Morgan fingerprint density at radius 3 is 3.31 bits per heavy atom. The Hall–Kier alpha value is -1.07. The van der Waals surface area contributed by atoms with Gasteiger partial charge >= 0.3 is 0 Å². The molecular formula is C8H13N5. The first-order valence-corrected chi connectivity index (χ1v) is 4.70. The number of rotatable bonds is 0. The summed E-state index contributed by atoms with van der Waals surface area (Å²) >= 11 is 0. The van der Waals surface area contributed by atoms with Crippen molar-refractivity contribution in [3.8, 4) is 0 Å². The van der Waals surface area contributed by atoms with Crippen molar-refractivity contribution in [2.75, 3.05) is 6.54 Å². The monoisotopic (exact) mass is 179 g/mol. The van der Waals surface area contributed by atoms with Gasteiger partial charge in [0.25, 0.3) is 0 Å². The summed E-state index contributed by atoms with van der Waals surface area (Å²) in [6.07, 6.45) is 4.19. The summed E-state index contributed by atoms with van der Waals surface area (Å²) < 4.78 is 0. The van der Waals surface area contributed by atoms with Crippen LogP contribution in [0.25, 0.3) is 0 Å². The predicted molar refractivity (Wildman–Crippen MR) is 49.4 cm³/mol. The standard InChI is InChI=1S/C8H13N5/c1-2-6-8(12-13-11-6)7-5(1)3-9-4-10-7/h4-6,11-13H,1-3H2,(H,9,10). The lowest BCUT2D eigenvalue weighted by molar-refractivity contribution is 0.429. The van der Waals surface area contributed by atoms with Crippen molar-refractivity contribution in [1.82, 2.24) is 21.7 Å². The number of hydrogen-bond donors (Lipinski definition) is 4. The predicted octanol–water partition coefficient (Wildman–Crippen LogP) is -0.779. The molecule has 0 amide bonds. The van der Waals surface area contributed by atoms with Crippen LogP contribution in [0.4, 0.5) is 0 Å². The highest BCUT2D eigenvalue weighted by Gasteiger charge is 2.33. The topological polar surface area (TPSA) is 60.5 Å². The molecule has 0 aromatic rings. The Labute approximate surface area is 76.6 Å². The fourth-order valence-corrected chi connectivity index (χ4v) is 2.23. The van der Waals surface area contributed by atoms with E-state index in [1.807, 2.05) is 0 Å². The molecule has 5 heteroatoms. The molecular weight excluding hydrogens is 166 g/mol. The molecule has 5 nitrogen and oxygen atoms in total. The van der Waals surface area contributed by atoms with Gasteiger partial charge < -0.3 is 10.7 Å². The van der Waals surface area contributed by atoms with Crippen molar-refractivity contribution >= 4 is 6.34 Å². The smallest absolute Gasteiger partial charge is 0.0866 e. The summed E-state index contributed by atoms with van der Waals surface area (Å²) in [4.78, 5) is 4.24. The highest BCUT2D eigenvalue weighted by molar-refractivity contribution is 5.60. The van der Waals surface area contributed by atoms with Crippen LogP contribution >= 0.6 is 0 Å². The van der Waals surface area contributed by atoms with Crippen molar-refractivity contribution in [1.29, 1.82) is 0 Å². The van der Waals surface area contributed by atoms with Gasteiger partial charge in [0, 0.05) is 18.2 Å². The number of nitrogens with one attached hydrogen (secondary N) is 4. The van der Waals surface area contributed by atoms with Crippen LogP contribution in [0, 0.1) is 5.92 Å². The summed E-state index contributed by atoms with van der Waals surface area (Å²) in [5.74, 6) is 0.588. The molecule has 3 rings (SSSR count). The molecule has 1 fully saturated rings. The number of hydrazine groups is 2. The first-order chi connectivity index (χ1) is 6.45. The van der Waals surface area contributed by atoms with E-state index in [1.165, 1.54) is 24.2 Å². The van der Waals surface area contributed by atoms with E-state index in [2.05, 4.69) is 26.7 Å². The van der Waals surface area contributed by atoms with Gasteiger partial charge in [-0.3, -0.25) is 4.99 Å². The molecule has 0 spiro atoms. The van der Waals surface area contributed by atoms with E-state index >= 15 is 0 Å². The Morgan fingerprint density at radius 1 is 1.31 bits per heavy atom. The lowest BCUT2D eigenvalue weighted by Gasteiger charge is -2.30. The summed E-state index contributed by atoms with van der Waals surface area (Å²) in [6.45, 7) is 0.931. The second-order valence-corrected chi connectivity index (χ2v) is 3.69. The highest BCUT2D eigenvalue weighted by Crippen LogP contribution is 2.29. The third-order valence-electron chi connectivity index (χ3n) is 2.93. The van der Waals surface area contributed by atoms with E-state index in [4.69, 9.17) is 0 Å². The normalized spacial score (nSPS) is 36.3. The maximum absolute atomic E-state index is 4.24. The van der Waals surface area contributed by atoms with Gasteiger partial charge in [0.05, 0.1) is 18.1 Å². The first-order valence-electron chi connectivity index (χ1n) is 4.70. The molecule has 1 aliphatic carbocycles. The van der Waals surface area contributed by atoms with Gasteiger partial charge in [-0.05, 0) is 12.8 Å². The molecule has 2 atom stereocenters. The van der Waals surface area contributed by atoms with Gasteiger partial charge in [0.1, 0.15) is 0 Å². The maximum Gasteiger partial charge on any atom is 0.0866 e. The lowest BCUT2D eigenvalue weighted by atomic mass is 9.87. The second-order valence-electron chi connectivity index (χ2n) is 3.69. The quantitative estimate of drug-likeness (QED) is 0.394. The molecule has 13 heavy (non-hydrogen) atoms. The van der Waals surface area contributed by atoms with Crippen LogP contribution in [0.3, 0.4) is 0 Å². The first kappa shape index (κ1) is 7.34. The minimum Gasteiger partial charge on any atom is -0.348 e. The van der Waals surface area contributed by atoms with E-state index in [-0.39, 0.29) is 0 Å². The minimum atomic E-state index is 0.449. The van der Waals surface area contributed by atoms with Crippen LogP contribution in [-0.4, -0.2) is 18.9 Å². The molecule has 0 radical (unpaired) electrons. The Balaban J connectivity index is 1.99. The van der Waals surface area contributed by atoms with Gasteiger partial charge in [-0.15, -0.1) is 0 Å². The minimum absolute atomic E-state index is 0.449. The molecule has 0 bridgehead atoms. The van der Waals surface area contributed by atoms with Crippen LogP contribution < -0.4 is 21.7 Å². The molecule has 0 aromatic carbocycles. The molecule has 3 aliphatic rings. The summed E-state index contributed by atoms with van der Waals surface area (Å²) in [5, 5.41) is 3.24. The Kier molecular flexibility index (Phi) is 1.53. The van der Waals surface area contributed by atoms with Crippen LogP contribution in [0.1, 0.15) is 12.8 Å². The van der Waals surface area contributed by atoms with E-state index < -0.39 is 0 Å². The zero-order valence-corrected chi connectivity index (χ0v) is 7.30. The lowest BCUT2D eigenvalue weighted by Crippen LogP contribution is -2.37. The molecule has 0 aromatic heterocycles. The molecule has 2 unspecified atom stereocenters. The van der Waals surface area contributed by atoms with Gasteiger partial charge in [-0.25, -0.2) is 5.43 Å². The number of hydrogen-bond acceptors (Lipinski definition) is 5. The summed E-state index contributed by atoms with van der Waals surface area (Å²) in [7, 11) is 0. The fourth-order valence-electron chi connectivity index (χ4n) is 2.23. The van der Waals surface area contributed by atoms with Crippen molar-refractivity contribution < 1.29 is 0 Å². The van der Waals surface area contributed by atoms with Crippen LogP contribution in [0.5, 0.6) is 0 Å². The van der Waals surface area contributed by atoms with Gasteiger partial charge in [0.2, 0.25) is 0 Å². The zero-order chi connectivity index (χ0) is 8.67. The molecule has 4 N–H and O–H groups in total. The Bertz CT molecular complexity index is 282. The van der Waals surface area contributed by atoms with Gasteiger partial charge in [-0.1, -0.05) is 0 Å². The van der Waals surface area contributed by atoms with Crippen molar-refractivity contribution in [2.24, 2.45) is 10.9 Å². The third kappa shape index (κ3) is 1.04. The van der Waals surface area contributed by atoms with Crippen LogP contribution in [0.2, 0.25) is 0 Å². The molecule has 70 valence electrons. The Morgan fingerprint density at radius 2 is 2.31 bits per heavy atom. The van der Waals surface area contributed by atoms with Crippen molar-refractivity contribution in [3.05, 3.63) is 11.4 Å². The fraction of sp³-hybridized carbons (Fsp3) is 0.625. The second kappa shape index (κ2) is 2.71. The summed E-state index contributed by atoms with van der Waals surface area (Å²) in [5.41, 5.74) is 11.9. The SMILES string of the molecule is C1=NCC2CCC3NNNC3=C2N1. The number of fused-ring (bicyclic) bond motifs is 2. The van der Waals surface area contributed by atoms with E-state index in [0.29, 0.717) is 12.0 Å². The van der Waals surface area contributed by atoms with Crippen LogP contribution in [-0.2, 0) is 0 Å². The van der Waals surface area contributed by atoms with Crippen molar-refractivity contribution in [2.45, 2.75) is 18.9 Å².